The monoisotopic (exact) mass is 391 g/mol. The van der Waals surface area contributed by atoms with Crippen molar-refractivity contribution in [1.29, 1.82) is 0 Å². The SMILES string of the molecule is COc1ccc(CCNC(=O)c2ccnc(Nc3cccc(C)c3)c2)cc1OC. The summed E-state index contributed by atoms with van der Waals surface area (Å²) in [5, 5.41) is 6.18. The van der Waals surface area contributed by atoms with Gasteiger partial charge in [-0.15, -0.1) is 0 Å². The molecule has 0 aliphatic heterocycles. The number of rotatable bonds is 8. The molecule has 0 bridgehead atoms. The molecule has 150 valence electrons. The molecule has 0 saturated carbocycles. The molecular formula is C23H25N3O3. The van der Waals surface area contributed by atoms with Gasteiger partial charge in [0.2, 0.25) is 0 Å². The van der Waals surface area contributed by atoms with Gasteiger partial charge in [-0.25, -0.2) is 4.98 Å². The summed E-state index contributed by atoms with van der Waals surface area (Å²) in [5.41, 5.74) is 3.70. The maximum absolute atomic E-state index is 12.5. The third kappa shape index (κ3) is 5.48. The standard InChI is InChI=1S/C23H25N3O3/c1-16-5-4-6-19(13-16)26-22-15-18(10-12-24-22)23(27)25-11-9-17-7-8-20(28-2)21(14-17)29-3/h4-8,10,12-15H,9,11H2,1-3H3,(H,24,26)(H,25,27). The van der Waals surface area contributed by atoms with Crippen LogP contribution >= 0.6 is 0 Å². The van der Waals surface area contributed by atoms with Crippen molar-refractivity contribution < 1.29 is 14.3 Å². The van der Waals surface area contributed by atoms with Gasteiger partial charge in [0.15, 0.2) is 11.5 Å². The summed E-state index contributed by atoms with van der Waals surface area (Å²) in [7, 11) is 3.21. The van der Waals surface area contributed by atoms with Gasteiger partial charge >= 0.3 is 0 Å². The van der Waals surface area contributed by atoms with Gasteiger partial charge in [0.05, 0.1) is 14.2 Å². The zero-order valence-corrected chi connectivity index (χ0v) is 16.9. The molecule has 6 heteroatoms. The van der Waals surface area contributed by atoms with Crippen LogP contribution in [0.4, 0.5) is 11.5 Å². The van der Waals surface area contributed by atoms with E-state index in [9.17, 15) is 4.79 Å². The number of carbonyl (C=O) groups is 1. The van der Waals surface area contributed by atoms with E-state index in [1.165, 1.54) is 0 Å². The zero-order chi connectivity index (χ0) is 20.6. The molecule has 0 radical (unpaired) electrons. The number of nitrogens with zero attached hydrogens (tertiary/aromatic N) is 1. The summed E-state index contributed by atoms with van der Waals surface area (Å²) in [5.74, 6) is 1.85. The molecule has 0 unspecified atom stereocenters. The quantitative estimate of drug-likeness (QED) is 0.604. The Hall–Kier alpha value is -3.54. The molecule has 2 aromatic carbocycles. The molecule has 2 N–H and O–H groups in total. The molecule has 0 fully saturated rings. The van der Waals surface area contributed by atoms with E-state index in [2.05, 4.69) is 15.6 Å². The highest BCUT2D eigenvalue weighted by Gasteiger charge is 2.08. The number of aryl methyl sites for hydroxylation is 1. The summed E-state index contributed by atoms with van der Waals surface area (Å²) >= 11 is 0. The Kier molecular flexibility index (Phi) is 6.68. The van der Waals surface area contributed by atoms with Crippen LogP contribution < -0.4 is 20.1 Å². The Morgan fingerprint density at radius 2 is 1.83 bits per heavy atom. The van der Waals surface area contributed by atoms with Gasteiger partial charge in [-0.3, -0.25) is 4.79 Å². The van der Waals surface area contributed by atoms with Gasteiger partial charge in [0.25, 0.3) is 5.91 Å². The van der Waals surface area contributed by atoms with Crippen LogP contribution in [0.3, 0.4) is 0 Å². The minimum absolute atomic E-state index is 0.139. The second-order valence-electron chi connectivity index (χ2n) is 6.62. The van der Waals surface area contributed by atoms with Crippen molar-refractivity contribution in [2.45, 2.75) is 13.3 Å². The summed E-state index contributed by atoms with van der Waals surface area (Å²) < 4.78 is 10.6. The van der Waals surface area contributed by atoms with Crippen molar-refractivity contribution in [1.82, 2.24) is 10.3 Å². The summed E-state index contributed by atoms with van der Waals surface area (Å²) in [6.45, 7) is 2.54. The third-order valence-electron chi connectivity index (χ3n) is 4.46. The fourth-order valence-corrected chi connectivity index (χ4v) is 2.97. The number of benzene rings is 2. The van der Waals surface area contributed by atoms with Crippen LogP contribution in [-0.2, 0) is 6.42 Å². The van der Waals surface area contributed by atoms with Gasteiger partial charge in [0, 0.05) is 24.0 Å². The number of hydrogen-bond donors (Lipinski definition) is 2. The molecule has 1 amide bonds. The predicted octanol–water partition coefficient (Wildman–Crippen LogP) is 4.12. The number of anilines is 2. The highest BCUT2D eigenvalue weighted by molar-refractivity contribution is 5.94. The average Bonchev–Trinajstić information content (AvgIpc) is 2.73. The van der Waals surface area contributed by atoms with Crippen LogP contribution in [0.5, 0.6) is 11.5 Å². The summed E-state index contributed by atoms with van der Waals surface area (Å²) in [6.07, 6.45) is 2.31. The molecule has 6 nitrogen and oxygen atoms in total. The van der Waals surface area contributed by atoms with Gasteiger partial charge in [-0.05, 0) is 60.9 Å². The molecule has 1 heterocycles. The number of ether oxygens (including phenoxy) is 2. The van der Waals surface area contributed by atoms with Crippen LogP contribution in [0.25, 0.3) is 0 Å². The number of methoxy groups -OCH3 is 2. The Morgan fingerprint density at radius 1 is 1.00 bits per heavy atom. The Balaban J connectivity index is 1.58. The van der Waals surface area contributed by atoms with Crippen LogP contribution in [0.1, 0.15) is 21.5 Å². The van der Waals surface area contributed by atoms with E-state index in [0.717, 1.165) is 16.8 Å². The van der Waals surface area contributed by atoms with Gasteiger partial charge in [0.1, 0.15) is 5.82 Å². The van der Waals surface area contributed by atoms with E-state index in [-0.39, 0.29) is 5.91 Å². The third-order valence-corrected chi connectivity index (χ3v) is 4.46. The molecule has 3 rings (SSSR count). The molecule has 0 saturated heterocycles. The van der Waals surface area contributed by atoms with Crippen molar-refractivity contribution >= 4 is 17.4 Å². The molecular weight excluding hydrogens is 366 g/mol. The molecule has 1 aromatic heterocycles. The smallest absolute Gasteiger partial charge is 0.251 e. The van der Waals surface area contributed by atoms with Crippen LogP contribution in [-0.4, -0.2) is 31.7 Å². The maximum atomic E-state index is 12.5. The number of pyridine rings is 1. The number of carbonyl (C=O) groups excluding carboxylic acids is 1. The minimum atomic E-state index is -0.139. The van der Waals surface area contributed by atoms with E-state index in [0.29, 0.717) is 35.8 Å². The van der Waals surface area contributed by atoms with Crippen LogP contribution in [0.15, 0.2) is 60.8 Å². The maximum Gasteiger partial charge on any atom is 0.251 e. The molecule has 0 atom stereocenters. The largest absolute Gasteiger partial charge is 0.493 e. The van der Waals surface area contributed by atoms with Crippen molar-refractivity contribution in [2.75, 3.05) is 26.1 Å². The van der Waals surface area contributed by atoms with E-state index < -0.39 is 0 Å². The van der Waals surface area contributed by atoms with Gasteiger partial charge < -0.3 is 20.1 Å². The highest BCUT2D eigenvalue weighted by Crippen LogP contribution is 2.27. The first kappa shape index (κ1) is 20.2. The first-order valence-electron chi connectivity index (χ1n) is 9.38. The van der Waals surface area contributed by atoms with Crippen LogP contribution in [0, 0.1) is 6.92 Å². The lowest BCUT2D eigenvalue weighted by Gasteiger charge is -2.11. The topological polar surface area (TPSA) is 72.5 Å². The van der Waals surface area contributed by atoms with Crippen molar-refractivity contribution in [3.8, 4) is 11.5 Å². The van der Waals surface area contributed by atoms with Gasteiger partial charge in [-0.1, -0.05) is 18.2 Å². The lowest BCUT2D eigenvalue weighted by Crippen LogP contribution is -2.25. The predicted molar refractivity (Wildman–Crippen MR) is 114 cm³/mol. The molecule has 3 aromatic rings. The summed E-state index contributed by atoms with van der Waals surface area (Å²) in [4.78, 5) is 16.8. The van der Waals surface area contributed by atoms with Crippen molar-refractivity contribution in [3.63, 3.8) is 0 Å². The summed E-state index contributed by atoms with van der Waals surface area (Å²) in [6, 6.07) is 17.2. The lowest BCUT2D eigenvalue weighted by atomic mass is 10.1. The normalized spacial score (nSPS) is 10.3. The Bertz CT molecular complexity index is 989. The van der Waals surface area contributed by atoms with E-state index in [1.54, 1.807) is 32.5 Å². The number of nitrogens with one attached hydrogen (secondary N) is 2. The van der Waals surface area contributed by atoms with E-state index in [4.69, 9.17) is 9.47 Å². The number of aromatic nitrogens is 1. The van der Waals surface area contributed by atoms with Crippen molar-refractivity contribution in [2.24, 2.45) is 0 Å². The fourth-order valence-electron chi connectivity index (χ4n) is 2.97. The van der Waals surface area contributed by atoms with Gasteiger partial charge in [-0.2, -0.15) is 0 Å². The molecule has 0 aliphatic carbocycles. The highest BCUT2D eigenvalue weighted by atomic mass is 16.5. The van der Waals surface area contributed by atoms with E-state index >= 15 is 0 Å². The second-order valence-corrected chi connectivity index (χ2v) is 6.62. The zero-order valence-electron chi connectivity index (χ0n) is 16.9. The fraction of sp³-hybridized carbons (Fsp3) is 0.217. The minimum Gasteiger partial charge on any atom is -0.493 e. The number of amides is 1. The van der Waals surface area contributed by atoms with Crippen molar-refractivity contribution in [3.05, 3.63) is 77.5 Å². The first-order valence-corrected chi connectivity index (χ1v) is 9.38. The molecule has 0 spiro atoms. The molecule has 29 heavy (non-hydrogen) atoms. The average molecular weight is 391 g/mol. The number of hydrogen-bond acceptors (Lipinski definition) is 5. The second kappa shape index (κ2) is 9.59. The Labute approximate surface area is 170 Å². The Morgan fingerprint density at radius 3 is 2.59 bits per heavy atom. The van der Waals surface area contributed by atoms with E-state index in [1.807, 2.05) is 49.4 Å². The first-order chi connectivity index (χ1) is 14.1. The molecule has 0 aliphatic rings. The lowest BCUT2D eigenvalue weighted by molar-refractivity contribution is 0.0954. The van der Waals surface area contributed by atoms with Crippen LogP contribution in [0.2, 0.25) is 0 Å².